The predicted octanol–water partition coefficient (Wildman–Crippen LogP) is 2.91. The van der Waals surface area contributed by atoms with Crippen molar-refractivity contribution in [2.45, 2.75) is 39.2 Å². The second kappa shape index (κ2) is 7.23. The number of carbonyl (C=O) groups is 2. The van der Waals surface area contributed by atoms with Gasteiger partial charge >= 0.3 is 0 Å². The molecule has 1 aromatic carbocycles. The maximum absolute atomic E-state index is 13.3. The van der Waals surface area contributed by atoms with E-state index in [1.165, 1.54) is 11.3 Å². The summed E-state index contributed by atoms with van der Waals surface area (Å²) in [6.45, 7) is 6.33. The highest BCUT2D eigenvalue weighted by atomic mass is 16.2. The molecule has 0 bridgehead atoms. The van der Waals surface area contributed by atoms with Crippen molar-refractivity contribution >= 4 is 23.0 Å². The molecule has 30 heavy (non-hydrogen) atoms. The second-order valence-corrected chi connectivity index (χ2v) is 8.32. The Morgan fingerprint density at radius 1 is 1.17 bits per heavy atom. The molecule has 0 spiro atoms. The molecule has 0 saturated carbocycles. The number of fused-ring (bicyclic) bond motifs is 3. The van der Waals surface area contributed by atoms with Crippen molar-refractivity contribution in [3.63, 3.8) is 0 Å². The van der Waals surface area contributed by atoms with Crippen LogP contribution in [-0.2, 0) is 6.42 Å². The van der Waals surface area contributed by atoms with Gasteiger partial charge in [-0.3, -0.25) is 9.59 Å². The van der Waals surface area contributed by atoms with E-state index < -0.39 is 0 Å². The molecule has 3 aromatic rings. The third kappa shape index (κ3) is 3.05. The molecule has 1 aliphatic carbocycles. The Kier molecular flexibility index (Phi) is 4.53. The summed E-state index contributed by atoms with van der Waals surface area (Å²) in [5.74, 6) is 0.0606. The van der Waals surface area contributed by atoms with Gasteiger partial charge in [-0.1, -0.05) is 12.1 Å². The first-order valence-corrected chi connectivity index (χ1v) is 10.5. The Bertz CT molecular complexity index is 1150. The van der Waals surface area contributed by atoms with Crippen LogP contribution in [0, 0.1) is 6.92 Å². The van der Waals surface area contributed by atoms with E-state index in [9.17, 15) is 9.59 Å². The van der Waals surface area contributed by atoms with Gasteiger partial charge in [0.1, 0.15) is 5.56 Å². The topological polar surface area (TPSA) is 70.8 Å². The van der Waals surface area contributed by atoms with E-state index in [0.29, 0.717) is 36.3 Å². The number of nitrogens with zero attached hydrogens (tertiary/aromatic N) is 5. The standard InChI is InChI=1S/C23H25N5O2/c1-15-5-3-6-17(11-15)27-10-9-26(14-16(27)2)23(30)19-13-25-28-20-7-4-8-21(29)18(20)12-24-22(19)28/h3,5-6,11-13,16H,4,7-10,14H2,1-2H3/t16-/m1/s1. The lowest BCUT2D eigenvalue weighted by atomic mass is 9.96. The average Bonchev–Trinajstić information content (AvgIpc) is 3.18. The van der Waals surface area contributed by atoms with Crippen LogP contribution in [0.1, 0.15) is 51.7 Å². The maximum atomic E-state index is 13.3. The molecule has 1 amide bonds. The van der Waals surface area contributed by atoms with Gasteiger partial charge in [0.15, 0.2) is 11.4 Å². The van der Waals surface area contributed by atoms with E-state index in [4.69, 9.17) is 0 Å². The zero-order chi connectivity index (χ0) is 20.8. The SMILES string of the molecule is Cc1cccc(N2CCN(C(=O)c3cnn4c5c(cnc34)C(=O)CCC5)C[C@H]2C)c1. The normalized spacial score (nSPS) is 19.3. The van der Waals surface area contributed by atoms with Gasteiger partial charge in [-0.2, -0.15) is 5.10 Å². The van der Waals surface area contributed by atoms with Crippen LogP contribution in [0.25, 0.3) is 5.65 Å². The molecule has 1 aliphatic heterocycles. The molecule has 5 rings (SSSR count). The highest BCUT2D eigenvalue weighted by Crippen LogP contribution is 2.25. The fourth-order valence-electron chi connectivity index (χ4n) is 4.66. The monoisotopic (exact) mass is 403 g/mol. The second-order valence-electron chi connectivity index (χ2n) is 8.32. The summed E-state index contributed by atoms with van der Waals surface area (Å²) < 4.78 is 1.69. The molecule has 1 saturated heterocycles. The Hall–Kier alpha value is -3.22. The number of ketones is 1. The number of anilines is 1. The molecule has 0 N–H and O–H groups in total. The van der Waals surface area contributed by atoms with Gasteiger partial charge in [0.2, 0.25) is 0 Å². The zero-order valence-electron chi connectivity index (χ0n) is 17.3. The molecular formula is C23H25N5O2. The lowest BCUT2D eigenvalue weighted by Crippen LogP contribution is -2.53. The van der Waals surface area contributed by atoms with Crippen LogP contribution in [0.4, 0.5) is 5.69 Å². The van der Waals surface area contributed by atoms with Crippen molar-refractivity contribution in [3.05, 3.63) is 59.0 Å². The van der Waals surface area contributed by atoms with E-state index >= 15 is 0 Å². The van der Waals surface area contributed by atoms with E-state index in [0.717, 1.165) is 25.1 Å². The molecule has 154 valence electrons. The smallest absolute Gasteiger partial charge is 0.259 e. The van der Waals surface area contributed by atoms with Crippen molar-refractivity contribution in [1.29, 1.82) is 0 Å². The number of carbonyl (C=O) groups excluding carboxylic acids is 2. The molecule has 2 aliphatic rings. The number of benzene rings is 1. The molecule has 1 atom stereocenters. The number of aromatic nitrogens is 3. The van der Waals surface area contributed by atoms with Gasteiger partial charge in [-0.25, -0.2) is 9.50 Å². The van der Waals surface area contributed by atoms with Crippen LogP contribution in [0.3, 0.4) is 0 Å². The highest BCUT2D eigenvalue weighted by Gasteiger charge is 2.30. The first kappa shape index (κ1) is 18.8. The minimum atomic E-state index is -0.0460. The van der Waals surface area contributed by atoms with Gasteiger partial charge < -0.3 is 9.80 Å². The van der Waals surface area contributed by atoms with Crippen LogP contribution in [0.15, 0.2) is 36.7 Å². The van der Waals surface area contributed by atoms with Crippen molar-refractivity contribution in [2.75, 3.05) is 24.5 Å². The van der Waals surface area contributed by atoms with Crippen molar-refractivity contribution in [2.24, 2.45) is 0 Å². The largest absolute Gasteiger partial charge is 0.365 e. The van der Waals surface area contributed by atoms with Crippen molar-refractivity contribution in [3.8, 4) is 0 Å². The molecule has 3 heterocycles. The molecule has 2 aromatic heterocycles. The fourth-order valence-corrected chi connectivity index (χ4v) is 4.66. The van der Waals surface area contributed by atoms with Crippen LogP contribution >= 0.6 is 0 Å². The van der Waals surface area contributed by atoms with Gasteiger partial charge in [0, 0.05) is 44.0 Å². The number of hydrogen-bond donors (Lipinski definition) is 0. The molecule has 1 fully saturated rings. The zero-order valence-corrected chi connectivity index (χ0v) is 17.3. The molecule has 0 radical (unpaired) electrons. The minimum Gasteiger partial charge on any atom is -0.365 e. The van der Waals surface area contributed by atoms with E-state index in [2.05, 4.69) is 53.1 Å². The Balaban J connectivity index is 1.39. The number of aryl methyl sites for hydroxylation is 2. The molecular weight excluding hydrogens is 378 g/mol. The maximum Gasteiger partial charge on any atom is 0.259 e. The van der Waals surface area contributed by atoms with Gasteiger partial charge in [-0.05, 0) is 44.4 Å². The third-order valence-corrected chi connectivity index (χ3v) is 6.22. The van der Waals surface area contributed by atoms with Crippen LogP contribution in [0.5, 0.6) is 0 Å². The van der Waals surface area contributed by atoms with Crippen LogP contribution in [-0.4, -0.2) is 56.9 Å². The summed E-state index contributed by atoms with van der Waals surface area (Å²) in [5, 5.41) is 4.42. The summed E-state index contributed by atoms with van der Waals surface area (Å²) in [6.07, 6.45) is 5.36. The van der Waals surface area contributed by atoms with Gasteiger partial charge in [-0.15, -0.1) is 0 Å². The summed E-state index contributed by atoms with van der Waals surface area (Å²) in [5.41, 5.74) is 4.99. The third-order valence-electron chi connectivity index (χ3n) is 6.22. The van der Waals surface area contributed by atoms with Gasteiger partial charge in [0.25, 0.3) is 5.91 Å². The fraction of sp³-hybridized carbons (Fsp3) is 0.391. The molecule has 7 nitrogen and oxygen atoms in total. The number of rotatable bonds is 2. The lowest BCUT2D eigenvalue weighted by molar-refractivity contribution is 0.0728. The Labute approximate surface area is 175 Å². The average molecular weight is 403 g/mol. The molecule has 7 heteroatoms. The van der Waals surface area contributed by atoms with E-state index in [-0.39, 0.29) is 17.7 Å². The minimum absolute atomic E-state index is 0.0460. The summed E-state index contributed by atoms with van der Waals surface area (Å²) in [4.78, 5) is 34.1. The Morgan fingerprint density at radius 2 is 2.03 bits per heavy atom. The van der Waals surface area contributed by atoms with Crippen LogP contribution < -0.4 is 4.90 Å². The van der Waals surface area contributed by atoms with E-state index in [1.807, 2.05) is 4.90 Å². The summed E-state index contributed by atoms with van der Waals surface area (Å²) in [6, 6.07) is 8.70. The molecule has 0 unspecified atom stereocenters. The van der Waals surface area contributed by atoms with Crippen molar-refractivity contribution < 1.29 is 9.59 Å². The quantitative estimate of drug-likeness (QED) is 0.658. The van der Waals surface area contributed by atoms with Crippen LogP contribution in [0.2, 0.25) is 0 Å². The van der Waals surface area contributed by atoms with Crippen molar-refractivity contribution in [1.82, 2.24) is 19.5 Å². The first-order valence-electron chi connectivity index (χ1n) is 10.5. The van der Waals surface area contributed by atoms with E-state index in [1.54, 1.807) is 16.9 Å². The first-order chi connectivity index (χ1) is 14.5. The Morgan fingerprint density at radius 3 is 2.83 bits per heavy atom. The predicted molar refractivity (Wildman–Crippen MR) is 114 cm³/mol. The van der Waals surface area contributed by atoms with Gasteiger partial charge in [0.05, 0.1) is 17.5 Å². The number of Topliss-reactive ketones (excluding diaryl/α,β-unsaturated/α-hetero) is 1. The summed E-state index contributed by atoms with van der Waals surface area (Å²) >= 11 is 0. The summed E-state index contributed by atoms with van der Waals surface area (Å²) in [7, 11) is 0. The number of amides is 1. The number of hydrogen-bond acceptors (Lipinski definition) is 5. The lowest BCUT2D eigenvalue weighted by Gasteiger charge is -2.41. The highest BCUT2D eigenvalue weighted by molar-refractivity contribution is 6.01. The number of piperazine rings is 1.